The third kappa shape index (κ3) is 4.39. The van der Waals surface area contributed by atoms with Crippen molar-refractivity contribution >= 4 is 32.4 Å². The van der Waals surface area contributed by atoms with Crippen LogP contribution >= 0.6 is 0 Å². The highest BCUT2D eigenvalue weighted by atomic mass is 32.2. The fraction of sp³-hybridized carbons (Fsp3) is 0.474. The molecule has 2 rings (SSSR count). The third-order valence-corrected chi connectivity index (χ3v) is 7.16. The van der Waals surface area contributed by atoms with E-state index in [1.54, 1.807) is 18.3 Å². The van der Waals surface area contributed by atoms with E-state index in [1.165, 1.54) is 6.07 Å². The highest BCUT2D eigenvalue weighted by Crippen LogP contribution is 2.23. The lowest BCUT2D eigenvalue weighted by atomic mass is 9.91. The topological polar surface area (TPSA) is 136 Å². The van der Waals surface area contributed by atoms with Crippen molar-refractivity contribution in [1.82, 2.24) is 4.98 Å². The predicted octanol–water partition coefficient (Wildman–Crippen LogP) is 1.92. The number of ketones is 1. The second kappa shape index (κ2) is 8.22. The number of rotatable bonds is 10. The number of H-pyrrole nitrogens is 1. The summed E-state index contributed by atoms with van der Waals surface area (Å²) >= 11 is 0. The third-order valence-electron chi connectivity index (χ3n) is 4.82. The van der Waals surface area contributed by atoms with Gasteiger partial charge in [0.1, 0.15) is 0 Å². The lowest BCUT2D eigenvalue weighted by Crippen LogP contribution is -2.63. The van der Waals surface area contributed by atoms with Crippen LogP contribution in [0, 0.1) is 0 Å². The Labute approximate surface area is 159 Å². The van der Waals surface area contributed by atoms with Gasteiger partial charge in [0.15, 0.2) is 21.2 Å². The van der Waals surface area contributed by atoms with Crippen LogP contribution in [0.2, 0.25) is 0 Å². The van der Waals surface area contributed by atoms with E-state index < -0.39 is 38.1 Å². The number of carbonyl (C=O) groups excluding carboxylic acids is 2. The minimum Gasteiger partial charge on any atom is -0.368 e. The molecular weight excluding hydrogens is 366 g/mol. The number of nitrogens with one attached hydrogen (secondary N) is 1. The zero-order valence-electron chi connectivity index (χ0n) is 15.7. The molecule has 0 bridgehead atoms. The number of Topliss-reactive ketones (excluding diaryl/α,β-unsaturated/α-hetero) is 1. The smallest absolute Gasteiger partial charge is 0.246 e. The first-order chi connectivity index (χ1) is 12.7. The number of primary amides is 1. The van der Waals surface area contributed by atoms with Gasteiger partial charge in [-0.05, 0) is 30.4 Å². The summed E-state index contributed by atoms with van der Waals surface area (Å²) in [6, 6.07) is 6.60. The maximum Gasteiger partial charge on any atom is 0.246 e. The first-order valence-electron chi connectivity index (χ1n) is 9.08. The molecule has 0 aliphatic heterocycles. The molecule has 0 saturated carbocycles. The van der Waals surface area contributed by atoms with Gasteiger partial charge in [0.05, 0.1) is 11.0 Å². The van der Waals surface area contributed by atoms with E-state index in [0.717, 1.165) is 5.39 Å². The number of hydrogen-bond acceptors (Lipinski definition) is 5. The van der Waals surface area contributed by atoms with Crippen molar-refractivity contribution in [2.75, 3.05) is 5.75 Å². The molecular formula is C19H27N3O4S. The van der Waals surface area contributed by atoms with Crippen LogP contribution in [0.5, 0.6) is 0 Å². The molecule has 1 amide bonds. The second-order valence-corrected chi connectivity index (χ2v) is 9.23. The Morgan fingerprint density at radius 1 is 1.15 bits per heavy atom. The summed E-state index contributed by atoms with van der Waals surface area (Å²) in [5, 5.41) is 0.236. The number of amides is 1. The molecule has 0 spiro atoms. The van der Waals surface area contributed by atoms with Crippen molar-refractivity contribution < 1.29 is 18.0 Å². The van der Waals surface area contributed by atoms with Gasteiger partial charge in [0.2, 0.25) is 5.91 Å². The number of aromatic amines is 1. The van der Waals surface area contributed by atoms with Crippen molar-refractivity contribution in [2.24, 2.45) is 11.5 Å². The van der Waals surface area contributed by atoms with Crippen LogP contribution in [0.1, 0.15) is 49.9 Å². The Kier molecular flexibility index (Phi) is 6.43. The summed E-state index contributed by atoms with van der Waals surface area (Å²) in [6.07, 6.45) is 3.97. The van der Waals surface area contributed by atoms with Crippen LogP contribution in [-0.4, -0.2) is 41.6 Å². The minimum absolute atomic E-state index is 0.143. The molecule has 0 aliphatic carbocycles. The summed E-state index contributed by atoms with van der Waals surface area (Å²) in [4.78, 5) is 28.0. The maximum atomic E-state index is 13.0. The van der Waals surface area contributed by atoms with Gasteiger partial charge in [0, 0.05) is 17.3 Å². The fourth-order valence-corrected chi connectivity index (χ4v) is 5.61. The summed E-state index contributed by atoms with van der Waals surface area (Å²) in [5.74, 6) is -2.72. The molecule has 1 aromatic carbocycles. The standard InChI is InChI=1S/C19H27N3O4S/c1-3-5-15(6-4-2)27(25,26)12-19(21,18(20)24)17(23)14-8-7-13-9-10-22-16(13)11-14/h7-11,15,22H,3-6,12,21H2,1-2H3,(H2,20,24)/t19-/m1/s1. The van der Waals surface area contributed by atoms with Crippen LogP contribution in [0.25, 0.3) is 10.9 Å². The first kappa shape index (κ1) is 21.1. The number of benzene rings is 1. The van der Waals surface area contributed by atoms with Crippen LogP contribution in [0.4, 0.5) is 0 Å². The largest absolute Gasteiger partial charge is 0.368 e. The molecule has 1 atom stereocenters. The molecule has 148 valence electrons. The lowest BCUT2D eigenvalue weighted by molar-refractivity contribution is -0.120. The van der Waals surface area contributed by atoms with Gasteiger partial charge in [-0.1, -0.05) is 38.8 Å². The average molecular weight is 394 g/mol. The number of sulfone groups is 1. The molecule has 2 aromatic rings. The van der Waals surface area contributed by atoms with Crippen molar-refractivity contribution in [3.63, 3.8) is 0 Å². The summed E-state index contributed by atoms with van der Waals surface area (Å²) in [5.41, 5.74) is 9.96. The van der Waals surface area contributed by atoms with E-state index in [0.29, 0.717) is 31.2 Å². The fourth-order valence-electron chi connectivity index (χ4n) is 3.28. The van der Waals surface area contributed by atoms with Crippen LogP contribution < -0.4 is 11.5 Å². The predicted molar refractivity (Wildman–Crippen MR) is 106 cm³/mol. The molecule has 0 aliphatic rings. The van der Waals surface area contributed by atoms with Crippen molar-refractivity contribution in [1.29, 1.82) is 0 Å². The molecule has 1 aromatic heterocycles. The van der Waals surface area contributed by atoms with Gasteiger partial charge in [-0.3, -0.25) is 9.59 Å². The van der Waals surface area contributed by atoms with Crippen LogP contribution in [-0.2, 0) is 14.6 Å². The molecule has 0 fully saturated rings. The number of carbonyl (C=O) groups is 2. The van der Waals surface area contributed by atoms with Gasteiger partial charge in [0.25, 0.3) is 0 Å². The second-order valence-electron chi connectivity index (χ2n) is 6.95. The molecule has 8 heteroatoms. The Morgan fingerprint density at radius 2 is 1.78 bits per heavy atom. The van der Waals surface area contributed by atoms with Crippen molar-refractivity contribution in [3.05, 3.63) is 36.0 Å². The molecule has 7 nitrogen and oxygen atoms in total. The number of aromatic nitrogens is 1. The van der Waals surface area contributed by atoms with E-state index in [1.807, 2.05) is 19.9 Å². The number of nitrogens with two attached hydrogens (primary N) is 2. The average Bonchev–Trinajstić information content (AvgIpc) is 3.07. The van der Waals surface area contributed by atoms with Gasteiger partial charge in [-0.15, -0.1) is 0 Å². The molecule has 0 radical (unpaired) electrons. The number of fused-ring (bicyclic) bond motifs is 1. The van der Waals surface area contributed by atoms with E-state index in [2.05, 4.69) is 4.98 Å². The molecule has 0 unspecified atom stereocenters. The Hall–Kier alpha value is -2.19. The van der Waals surface area contributed by atoms with E-state index >= 15 is 0 Å². The van der Waals surface area contributed by atoms with Crippen LogP contribution in [0.3, 0.4) is 0 Å². The molecule has 5 N–H and O–H groups in total. The lowest BCUT2D eigenvalue weighted by Gasteiger charge is -2.27. The van der Waals surface area contributed by atoms with Crippen molar-refractivity contribution in [3.8, 4) is 0 Å². The van der Waals surface area contributed by atoms with E-state index in [4.69, 9.17) is 11.5 Å². The zero-order chi connectivity index (χ0) is 20.2. The monoisotopic (exact) mass is 393 g/mol. The summed E-state index contributed by atoms with van der Waals surface area (Å²) < 4.78 is 25.8. The quantitative estimate of drug-likeness (QED) is 0.418. The SMILES string of the molecule is CCCC(CCC)S(=O)(=O)C[C@](N)(C(N)=O)C(=O)c1ccc2cc[nH]c2c1. The normalized spacial score (nSPS) is 14.4. The Balaban J connectivity index is 2.40. The molecule has 27 heavy (non-hydrogen) atoms. The molecule has 0 saturated heterocycles. The van der Waals surface area contributed by atoms with E-state index in [-0.39, 0.29) is 5.56 Å². The Bertz CT molecular complexity index is 929. The summed E-state index contributed by atoms with van der Waals surface area (Å²) in [6.45, 7) is 3.78. The zero-order valence-corrected chi connectivity index (χ0v) is 16.5. The minimum atomic E-state index is -3.79. The first-order valence-corrected chi connectivity index (χ1v) is 10.8. The number of hydrogen-bond donors (Lipinski definition) is 3. The van der Waals surface area contributed by atoms with E-state index in [9.17, 15) is 18.0 Å². The van der Waals surface area contributed by atoms with Gasteiger partial charge >= 0.3 is 0 Å². The van der Waals surface area contributed by atoms with Gasteiger partial charge in [-0.25, -0.2) is 8.42 Å². The molecule has 1 heterocycles. The van der Waals surface area contributed by atoms with Crippen molar-refractivity contribution in [2.45, 2.75) is 50.3 Å². The highest BCUT2D eigenvalue weighted by molar-refractivity contribution is 7.92. The Morgan fingerprint density at radius 3 is 2.33 bits per heavy atom. The van der Waals surface area contributed by atoms with Gasteiger partial charge < -0.3 is 16.5 Å². The maximum absolute atomic E-state index is 13.0. The van der Waals surface area contributed by atoms with Gasteiger partial charge in [-0.2, -0.15) is 0 Å². The highest BCUT2D eigenvalue weighted by Gasteiger charge is 2.46. The van der Waals surface area contributed by atoms with Crippen LogP contribution in [0.15, 0.2) is 30.5 Å². The summed E-state index contributed by atoms with van der Waals surface area (Å²) in [7, 11) is -3.79.